The number of imidazole rings is 1. The number of nitrogens with zero attached hydrogens (tertiary/aromatic N) is 4. The molecule has 0 fully saturated rings. The minimum absolute atomic E-state index is 0.316. The highest BCUT2D eigenvalue weighted by Gasteiger charge is 2.40. The van der Waals surface area contributed by atoms with Gasteiger partial charge in [-0.3, -0.25) is 9.30 Å². The smallest absolute Gasteiger partial charge is 0.145 e. The second kappa shape index (κ2) is 9.44. The summed E-state index contributed by atoms with van der Waals surface area (Å²) in [6, 6.07) is 39.7. The molecular weight excluding hydrogens is 580 g/mol. The third kappa shape index (κ3) is 3.66. The fourth-order valence-corrected chi connectivity index (χ4v) is 7.64. The first-order chi connectivity index (χ1) is 23.1. The first-order valence-corrected chi connectivity index (χ1v) is 15.8. The second-order valence-electron chi connectivity index (χ2n) is 12.7. The first kappa shape index (κ1) is 26.1. The molecule has 0 aliphatic carbocycles. The van der Waals surface area contributed by atoms with E-state index >= 15 is 0 Å². The van der Waals surface area contributed by atoms with Gasteiger partial charge in [0.2, 0.25) is 0 Å². The zero-order valence-corrected chi connectivity index (χ0v) is 25.8. The van der Waals surface area contributed by atoms with Crippen molar-refractivity contribution >= 4 is 66.5 Å². The quantitative estimate of drug-likeness (QED) is 0.187. The molecule has 6 heteroatoms. The van der Waals surface area contributed by atoms with Crippen molar-refractivity contribution in [1.82, 2.24) is 14.4 Å². The number of rotatable bonds is 3. The van der Waals surface area contributed by atoms with Crippen molar-refractivity contribution in [2.75, 3.05) is 4.90 Å². The van der Waals surface area contributed by atoms with Crippen LogP contribution in [0, 0.1) is 0 Å². The normalized spacial score (nSPS) is 13.9. The Balaban J connectivity index is 1.13. The molecule has 0 atom stereocenters. The van der Waals surface area contributed by atoms with Crippen molar-refractivity contribution in [3.8, 4) is 11.5 Å². The summed E-state index contributed by atoms with van der Waals surface area (Å²) in [6.07, 6.45) is 5.73. The Hall–Kier alpha value is -6.14. The van der Waals surface area contributed by atoms with Gasteiger partial charge in [-0.1, -0.05) is 62.4 Å². The van der Waals surface area contributed by atoms with E-state index in [-0.39, 0.29) is 5.41 Å². The number of hydrogen-bond donors (Lipinski definition) is 0. The van der Waals surface area contributed by atoms with Crippen LogP contribution in [0.15, 0.2) is 138 Å². The van der Waals surface area contributed by atoms with Crippen molar-refractivity contribution in [1.29, 1.82) is 0 Å². The molecule has 0 N–H and O–H groups in total. The molecule has 224 valence electrons. The van der Waals surface area contributed by atoms with E-state index in [1.165, 1.54) is 10.9 Å². The Labute approximate surface area is 270 Å². The highest BCUT2D eigenvalue weighted by Crippen LogP contribution is 2.54. The van der Waals surface area contributed by atoms with Crippen LogP contribution in [0.5, 0.6) is 11.5 Å². The van der Waals surface area contributed by atoms with E-state index in [0.29, 0.717) is 0 Å². The topological polar surface area (TPSA) is 55.8 Å². The fraction of sp³-hybridized carbons (Fsp3) is 0.0732. The highest BCUT2D eigenvalue weighted by molar-refractivity contribution is 6.12. The van der Waals surface area contributed by atoms with Gasteiger partial charge in [0.15, 0.2) is 0 Å². The summed E-state index contributed by atoms with van der Waals surface area (Å²) in [6.45, 7) is 4.56. The lowest BCUT2D eigenvalue weighted by Gasteiger charge is -2.41. The standard InChI is InChI=1S/C41H28N4O2/c1-41(2)32-13-8-20-42-40(32)45(34-18-19-36-37(38(34)41)30-12-4-6-15-35(30)47-36)25-9-7-10-26(23-25)46-27-16-17-28-29-11-3-5-14-33(29)44-22-21-43-39(44)31(28)24-27/h3-24H,1-2H3. The number of anilines is 3. The van der Waals surface area contributed by atoms with E-state index < -0.39 is 0 Å². The molecule has 6 nitrogen and oxygen atoms in total. The molecule has 5 heterocycles. The molecule has 0 bridgehead atoms. The lowest BCUT2D eigenvalue weighted by molar-refractivity contribution is 0.483. The van der Waals surface area contributed by atoms with Crippen LogP contribution in [0.3, 0.4) is 0 Å². The third-order valence-corrected chi connectivity index (χ3v) is 9.70. The third-order valence-electron chi connectivity index (χ3n) is 9.70. The van der Waals surface area contributed by atoms with Crippen LogP contribution in [0.2, 0.25) is 0 Å². The second-order valence-corrected chi connectivity index (χ2v) is 12.7. The summed E-state index contributed by atoms with van der Waals surface area (Å²) in [7, 11) is 0. The summed E-state index contributed by atoms with van der Waals surface area (Å²) >= 11 is 0. The van der Waals surface area contributed by atoms with E-state index in [4.69, 9.17) is 19.1 Å². The Morgan fingerprint density at radius 2 is 1.51 bits per heavy atom. The molecule has 0 saturated carbocycles. The summed E-state index contributed by atoms with van der Waals surface area (Å²) in [4.78, 5) is 11.9. The van der Waals surface area contributed by atoms with Crippen molar-refractivity contribution in [2.45, 2.75) is 19.3 Å². The van der Waals surface area contributed by atoms with Gasteiger partial charge in [-0.05, 0) is 71.6 Å². The largest absolute Gasteiger partial charge is 0.457 e. The zero-order chi connectivity index (χ0) is 31.3. The van der Waals surface area contributed by atoms with Crippen LogP contribution < -0.4 is 9.64 Å². The molecule has 0 amide bonds. The van der Waals surface area contributed by atoms with Crippen molar-refractivity contribution < 1.29 is 9.15 Å². The summed E-state index contributed by atoms with van der Waals surface area (Å²) in [5.41, 5.74) is 7.92. The Bertz CT molecular complexity index is 2720. The average molecular weight is 609 g/mol. The molecule has 0 spiro atoms. The maximum absolute atomic E-state index is 6.59. The molecular formula is C41H28N4O2. The molecule has 0 unspecified atom stereocenters. The maximum Gasteiger partial charge on any atom is 0.145 e. The highest BCUT2D eigenvalue weighted by atomic mass is 16.5. The van der Waals surface area contributed by atoms with Gasteiger partial charge in [-0.25, -0.2) is 9.97 Å². The van der Waals surface area contributed by atoms with Gasteiger partial charge >= 0.3 is 0 Å². The number of furan rings is 1. The minimum atomic E-state index is -0.316. The average Bonchev–Trinajstić information content (AvgIpc) is 3.75. The monoisotopic (exact) mass is 608 g/mol. The Kier molecular flexibility index (Phi) is 5.24. The molecule has 4 aromatic heterocycles. The lowest BCUT2D eigenvalue weighted by atomic mass is 9.73. The Morgan fingerprint density at radius 1 is 0.660 bits per heavy atom. The van der Waals surface area contributed by atoms with Crippen LogP contribution >= 0.6 is 0 Å². The van der Waals surface area contributed by atoms with Crippen LogP contribution in [-0.2, 0) is 5.41 Å². The van der Waals surface area contributed by atoms with Gasteiger partial charge in [-0.15, -0.1) is 0 Å². The zero-order valence-electron chi connectivity index (χ0n) is 25.8. The number of para-hydroxylation sites is 2. The lowest BCUT2D eigenvalue weighted by Crippen LogP contribution is -2.31. The van der Waals surface area contributed by atoms with Gasteiger partial charge in [0, 0.05) is 57.2 Å². The van der Waals surface area contributed by atoms with Gasteiger partial charge in [0.25, 0.3) is 0 Å². The Morgan fingerprint density at radius 3 is 2.45 bits per heavy atom. The fourth-order valence-electron chi connectivity index (χ4n) is 7.64. The van der Waals surface area contributed by atoms with Crippen LogP contribution in [0.1, 0.15) is 25.0 Å². The number of aromatic nitrogens is 3. The maximum atomic E-state index is 6.59. The van der Waals surface area contributed by atoms with Crippen LogP contribution in [0.4, 0.5) is 17.2 Å². The molecule has 5 aromatic carbocycles. The van der Waals surface area contributed by atoms with Gasteiger partial charge < -0.3 is 9.15 Å². The molecule has 10 rings (SSSR count). The van der Waals surface area contributed by atoms with Gasteiger partial charge in [0.05, 0.1) is 16.9 Å². The number of benzene rings is 5. The summed E-state index contributed by atoms with van der Waals surface area (Å²) in [5, 5.41) is 5.63. The van der Waals surface area contributed by atoms with Crippen molar-refractivity contribution in [2.24, 2.45) is 0 Å². The summed E-state index contributed by atoms with van der Waals surface area (Å²) in [5.74, 6) is 2.40. The van der Waals surface area contributed by atoms with Gasteiger partial charge in [-0.2, -0.15) is 0 Å². The van der Waals surface area contributed by atoms with E-state index in [0.717, 1.165) is 78.1 Å². The number of pyridine rings is 2. The molecule has 9 aromatic rings. The van der Waals surface area contributed by atoms with E-state index in [1.54, 1.807) is 0 Å². The van der Waals surface area contributed by atoms with Crippen LogP contribution in [0.25, 0.3) is 49.3 Å². The SMILES string of the molecule is CC1(C)c2cccnc2N(c2cccc(Oc3ccc4c5ccccc5n5ccnc5c4c3)c2)c2ccc3oc4ccccc4c3c21. The number of fused-ring (bicyclic) bond motifs is 12. The van der Waals surface area contributed by atoms with E-state index in [9.17, 15) is 0 Å². The van der Waals surface area contributed by atoms with E-state index in [1.807, 2.05) is 55.0 Å². The first-order valence-electron chi connectivity index (χ1n) is 15.8. The van der Waals surface area contributed by atoms with Crippen molar-refractivity contribution in [3.63, 3.8) is 0 Å². The summed E-state index contributed by atoms with van der Waals surface area (Å²) < 4.78 is 15.1. The molecule has 47 heavy (non-hydrogen) atoms. The van der Waals surface area contributed by atoms with Crippen LogP contribution in [-0.4, -0.2) is 14.4 Å². The predicted molar refractivity (Wildman–Crippen MR) is 189 cm³/mol. The molecule has 0 saturated heterocycles. The molecule has 1 aliphatic heterocycles. The molecule has 1 aliphatic rings. The predicted octanol–water partition coefficient (Wildman–Crippen LogP) is 10.8. The van der Waals surface area contributed by atoms with E-state index in [2.05, 4.69) is 102 Å². The minimum Gasteiger partial charge on any atom is -0.457 e. The molecule has 0 radical (unpaired) electrons. The van der Waals surface area contributed by atoms with Crippen molar-refractivity contribution in [3.05, 3.63) is 145 Å². The van der Waals surface area contributed by atoms with Gasteiger partial charge in [0.1, 0.15) is 34.1 Å². The number of ether oxygens (including phenoxy) is 1. The number of hydrogen-bond acceptors (Lipinski definition) is 5.